The second kappa shape index (κ2) is 18.5. The van der Waals surface area contributed by atoms with Crippen LogP contribution in [0.4, 0.5) is 0 Å². The molecule has 0 aliphatic carbocycles. The summed E-state index contributed by atoms with van der Waals surface area (Å²) < 4.78 is 0. The molecule has 3 aliphatic heterocycles. The zero-order valence-electron chi connectivity index (χ0n) is 32.0. The van der Waals surface area contributed by atoms with Crippen LogP contribution in [-0.2, 0) is 53.3 Å². The van der Waals surface area contributed by atoms with Gasteiger partial charge in [0.05, 0.1) is 23.3 Å². The van der Waals surface area contributed by atoms with E-state index < -0.39 is 35.7 Å². The van der Waals surface area contributed by atoms with Crippen LogP contribution in [-0.4, -0.2) is 82.4 Å². The lowest BCUT2D eigenvalue weighted by molar-refractivity contribution is -0.144. The van der Waals surface area contributed by atoms with E-state index in [2.05, 4.69) is 56.2 Å². The monoisotopic (exact) mass is 761 g/mol. The van der Waals surface area contributed by atoms with Crippen LogP contribution in [0.3, 0.4) is 0 Å². The van der Waals surface area contributed by atoms with Crippen LogP contribution in [0.2, 0.25) is 0 Å². The van der Waals surface area contributed by atoms with Gasteiger partial charge in [0.25, 0.3) is 0 Å². The number of fused-ring (bicyclic) bond motifs is 1. The number of benzene rings is 3. The predicted octanol–water partition coefficient (Wildman–Crippen LogP) is 5.00. The molecule has 6 N–H and O–H groups in total. The van der Waals surface area contributed by atoms with Crippen LogP contribution in [0, 0.1) is 35.5 Å². The van der Waals surface area contributed by atoms with E-state index in [0.29, 0.717) is 38.9 Å². The second-order valence-corrected chi connectivity index (χ2v) is 16.3. The zero-order chi connectivity index (χ0) is 39.0. The molecule has 0 amide bonds. The van der Waals surface area contributed by atoms with Crippen molar-refractivity contribution in [3.05, 3.63) is 112 Å². The third-order valence-corrected chi connectivity index (χ3v) is 12.4. The molecule has 0 bridgehead atoms. The van der Waals surface area contributed by atoms with E-state index in [1.54, 1.807) is 0 Å². The van der Waals surface area contributed by atoms with E-state index in [9.17, 15) is 29.7 Å². The van der Waals surface area contributed by atoms with Crippen molar-refractivity contribution in [3.63, 3.8) is 0 Å². The number of rotatable bonds is 18. The molecule has 0 radical (unpaired) electrons. The molecule has 11 heteroatoms. The molecule has 296 valence electrons. The first kappa shape index (κ1) is 39.6. The molecule has 1 aromatic heterocycles. The number of carbonyl (C=O) groups is 3. The molecule has 3 saturated heterocycles. The van der Waals surface area contributed by atoms with Gasteiger partial charge in [-0.3, -0.25) is 24.3 Å². The van der Waals surface area contributed by atoms with E-state index in [0.717, 1.165) is 103 Å². The lowest BCUT2D eigenvalue weighted by Gasteiger charge is -2.25. The van der Waals surface area contributed by atoms with Gasteiger partial charge in [-0.25, -0.2) is 0 Å². The summed E-state index contributed by atoms with van der Waals surface area (Å²) in [6.45, 7) is 6.51. The molecule has 3 aromatic carbocycles. The van der Waals surface area contributed by atoms with Crippen molar-refractivity contribution in [2.45, 2.75) is 58.2 Å². The number of hydrogen-bond donors (Lipinski definition) is 6. The van der Waals surface area contributed by atoms with Crippen LogP contribution < -0.4 is 16.0 Å². The van der Waals surface area contributed by atoms with Crippen molar-refractivity contribution in [3.8, 4) is 0 Å². The van der Waals surface area contributed by atoms with Gasteiger partial charge in [-0.1, -0.05) is 54.6 Å². The first-order valence-corrected chi connectivity index (χ1v) is 20.2. The number of hydrogen-bond acceptors (Lipinski definition) is 8. The zero-order valence-corrected chi connectivity index (χ0v) is 32.0. The van der Waals surface area contributed by atoms with Crippen molar-refractivity contribution >= 4 is 28.8 Å². The number of pyridine rings is 1. The minimum atomic E-state index is -0.759. The number of nitrogens with zero attached hydrogens (tertiary/aromatic N) is 2. The highest BCUT2D eigenvalue weighted by molar-refractivity contribution is 5.83. The highest BCUT2D eigenvalue weighted by atomic mass is 16.4. The maximum atomic E-state index is 12.4. The van der Waals surface area contributed by atoms with Crippen LogP contribution in [0.25, 0.3) is 10.9 Å². The van der Waals surface area contributed by atoms with Gasteiger partial charge in [-0.05, 0) is 147 Å². The minimum Gasteiger partial charge on any atom is -0.481 e. The molecule has 6 atom stereocenters. The Morgan fingerprint density at radius 2 is 1.04 bits per heavy atom. The smallest absolute Gasteiger partial charge is 0.307 e. The van der Waals surface area contributed by atoms with Gasteiger partial charge >= 0.3 is 17.9 Å². The van der Waals surface area contributed by atoms with E-state index in [1.165, 1.54) is 0 Å². The third kappa shape index (κ3) is 10.00. The highest BCUT2D eigenvalue weighted by Gasteiger charge is 2.33. The van der Waals surface area contributed by atoms with Crippen LogP contribution >= 0.6 is 0 Å². The highest BCUT2D eigenvalue weighted by Crippen LogP contribution is 2.29. The molecule has 4 aromatic rings. The Morgan fingerprint density at radius 1 is 0.589 bits per heavy atom. The molecule has 4 heterocycles. The Bertz CT molecular complexity index is 1910. The minimum absolute atomic E-state index is 0.0970. The average Bonchev–Trinajstić information content (AvgIpc) is 4.01. The second-order valence-electron chi connectivity index (χ2n) is 16.3. The average molecular weight is 762 g/mol. The van der Waals surface area contributed by atoms with Crippen molar-refractivity contribution in [2.24, 2.45) is 35.5 Å². The summed E-state index contributed by atoms with van der Waals surface area (Å²) in [4.78, 5) is 44.1. The maximum absolute atomic E-state index is 12.4. The van der Waals surface area contributed by atoms with Gasteiger partial charge < -0.3 is 31.3 Å². The number of carboxylic acids is 3. The van der Waals surface area contributed by atoms with Gasteiger partial charge in [-0.15, -0.1) is 0 Å². The van der Waals surface area contributed by atoms with E-state index in [-0.39, 0.29) is 17.8 Å². The maximum Gasteiger partial charge on any atom is 0.307 e. The Balaban J connectivity index is 1.17. The molecule has 11 nitrogen and oxygen atoms in total. The fourth-order valence-electron chi connectivity index (χ4n) is 9.34. The van der Waals surface area contributed by atoms with E-state index in [4.69, 9.17) is 0 Å². The first-order chi connectivity index (χ1) is 27.2. The molecule has 3 aliphatic rings. The summed E-state index contributed by atoms with van der Waals surface area (Å²) in [7, 11) is 0. The van der Waals surface area contributed by atoms with Gasteiger partial charge in [0.2, 0.25) is 0 Å². The summed E-state index contributed by atoms with van der Waals surface area (Å²) in [6, 6.07) is 24.7. The van der Waals surface area contributed by atoms with Gasteiger partial charge in [0.15, 0.2) is 0 Å². The fourth-order valence-corrected chi connectivity index (χ4v) is 9.34. The van der Waals surface area contributed by atoms with Crippen molar-refractivity contribution in [2.75, 3.05) is 39.3 Å². The van der Waals surface area contributed by atoms with Gasteiger partial charge in [0.1, 0.15) is 0 Å². The van der Waals surface area contributed by atoms with Gasteiger partial charge in [-0.2, -0.15) is 0 Å². The summed E-state index contributed by atoms with van der Waals surface area (Å²) >= 11 is 0. The summed E-state index contributed by atoms with van der Waals surface area (Å²) in [5.74, 6) is -3.31. The summed E-state index contributed by atoms with van der Waals surface area (Å²) in [5.41, 5.74) is 7.10. The third-order valence-electron chi connectivity index (χ3n) is 12.4. The van der Waals surface area contributed by atoms with E-state index >= 15 is 0 Å². The number of carboxylic acid groups (broad SMARTS) is 3. The standard InChI is InChI=1S/C45H55N5O6/c51-43(52)39(34-9-13-46-23-34)20-29-3-1-5-32(17-29)26-50(27-33-6-2-4-30(18-33)21-40(44(53)54)35-10-14-47-24-35)28-37-12-16-49-42-8-7-31(19-38(37)42)22-41(45(55)56)36-11-15-48-25-36/h1-8,12,16-19,34-36,39-41,46-48H,9-11,13-15,20-28H2,(H,51,52)(H,53,54)(H,55,56). The Labute approximate surface area is 328 Å². The quantitative estimate of drug-likeness (QED) is 0.0810. The topological polar surface area (TPSA) is 164 Å². The van der Waals surface area contributed by atoms with Crippen molar-refractivity contribution in [1.82, 2.24) is 25.8 Å². The molecular weight excluding hydrogens is 707 g/mol. The van der Waals surface area contributed by atoms with Crippen LogP contribution in [0.15, 0.2) is 79.0 Å². The predicted molar refractivity (Wildman–Crippen MR) is 215 cm³/mol. The molecule has 0 saturated carbocycles. The van der Waals surface area contributed by atoms with Gasteiger partial charge in [0, 0.05) is 31.2 Å². The summed E-state index contributed by atoms with van der Waals surface area (Å²) in [6.07, 6.45) is 5.83. The lowest BCUT2D eigenvalue weighted by atomic mass is 9.85. The van der Waals surface area contributed by atoms with E-state index in [1.807, 2.05) is 48.7 Å². The molecule has 0 spiro atoms. The molecule has 7 rings (SSSR count). The van der Waals surface area contributed by atoms with Crippen molar-refractivity contribution < 1.29 is 29.7 Å². The number of aromatic nitrogens is 1. The molecule has 56 heavy (non-hydrogen) atoms. The van der Waals surface area contributed by atoms with Crippen LogP contribution in [0.1, 0.15) is 52.6 Å². The molecule has 6 unspecified atom stereocenters. The number of aliphatic carboxylic acids is 3. The van der Waals surface area contributed by atoms with Crippen molar-refractivity contribution in [1.29, 1.82) is 0 Å². The lowest BCUT2D eigenvalue weighted by Crippen LogP contribution is -2.28. The van der Waals surface area contributed by atoms with Crippen LogP contribution in [0.5, 0.6) is 0 Å². The summed E-state index contributed by atoms with van der Waals surface area (Å²) in [5, 5.41) is 41.4. The normalized spacial score (nSPS) is 21.3. The Morgan fingerprint density at radius 3 is 1.46 bits per heavy atom. The molecule has 3 fully saturated rings. The number of nitrogens with one attached hydrogen (secondary N) is 3. The molecular formula is C45H55N5O6. The Kier molecular flexibility index (Phi) is 13.1. The largest absolute Gasteiger partial charge is 0.481 e. The first-order valence-electron chi connectivity index (χ1n) is 20.2. The fraction of sp³-hybridized carbons (Fsp3) is 0.467. The Hall–Kier alpha value is -4.68. The SMILES string of the molecule is O=C(O)C(Cc1cccc(CN(Cc2cccc(CC(C(=O)O)C3CCNC3)c2)Cc2ccnc3ccc(CC(C(=O)O)C4CCNC4)cc23)c1)C1CCNC1.